The third kappa shape index (κ3) is 4.91. The zero-order chi connectivity index (χ0) is 19.9. The molecule has 0 fully saturated rings. The number of nitrogens with one attached hydrogen (secondary N) is 3. The van der Waals surface area contributed by atoms with Crippen molar-refractivity contribution in [3.8, 4) is 11.5 Å². The normalized spacial score (nSPS) is 11.4. The second kappa shape index (κ2) is 8.77. The van der Waals surface area contributed by atoms with Crippen molar-refractivity contribution in [3.63, 3.8) is 0 Å². The quantitative estimate of drug-likeness (QED) is 0.592. The predicted octanol–water partition coefficient (Wildman–Crippen LogP) is 3.47. The number of benzene rings is 3. The van der Waals surface area contributed by atoms with Crippen LogP contribution in [0.2, 0.25) is 0 Å². The molecule has 0 heterocycles. The molecule has 1 atom stereocenters. The number of carbonyl (C=O) groups excluding carboxylic acids is 2. The molecule has 7 heteroatoms. The Bertz CT molecular complexity index is 973. The molecule has 0 aliphatic heterocycles. The fourth-order valence-corrected chi connectivity index (χ4v) is 2.56. The first kappa shape index (κ1) is 19.0. The van der Waals surface area contributed by atoms with Gasteiger partial charge in [0.25, 0.3) is 5.91 Å². The average molecular weight is 379 g/mol. The second-order valence-corrected chi connectivity index (χ2v) is 6.07. The van der Waals surface area contributed by atoms with E-state index in [2.05, 4.69) is 16.2 Å². The number of hydrazine groups is 1. The van der Waals surface area contributed by atoms with Gasteiger partial charge in [-0.05, 0) is 54.1 Å². The van der Waals surface area contributed by atoms with Crippen molar-refractivity contribution < 1.29 is 19.1 Å². The van der Waals surface area contributed by atoms with Gasteiger partial charge in [0.2, 0.25) is 0 Å². The number of hydrogen-bond donors (Lipinski definition) is 3. The van der Waals surface area contributed by atoms with Gasteiger partial charge in [-0.25, -0.2) is 10.2 Å². The highest BCUT2D eigenvalue weighted by atomic mass is 16.5. The van der Waals surface area contributed by atoms with Gasteiger partial charge in [-0.15, -0.1) is 0 Å². The summed E-state index contributed by atoms with van der Waals surface area (Å²) in [6, 6.07) is 19.7. The number of hydrogen-bond acceptors (Lipinski definition) is 4. The van der Waals surface area contributed by atoms with Crippen LogP contribution in [0, 0.1) is 0 Å². The van der Waals surface area contributed by atoms with Crippen LogP contribution in [0.15, 0.2) is 66.7 Å². The number of fused-ring (bicyclic) bond motifs is 1. The zero-order valence-electron chi connectivity index (χ0n) is 15.6. The van der Waals surface area contributed by atoms with Crippen LogP contribution in [-0.2, 0) is 4.79 Å². The van der Waals surface area contributed by atoms with Crippen LogP contribution in [-0.4, -0.2) is 25.2 Å². The van der Waals surface area contributed by atoms with Gasteiger partial charge in [0, 0.05) is 5.69 Å². The lowest BCUT2D eigenvalue weighted by molar-refractivity contribution is -0.127. The Hall–Kier alpha value is -3.74. The molecule has 0 aliphatic rings. The number of methoxy groups -OCH3 is 1. The standard InChI is InChI=1S/C21H21N3O4/c1-14(28-19-10-7-15-5-3-4-6-16(15)13-19)20(25)23-24-21(26)22-17-8-11-18(27-2)12-9-17/h3-14H,1-2H3,(H,23,25)(H2,22,24,26)/t14-/m1/s1. The molecule has 3 aromatic carbocycles. The van der Waals surface area contributed by atoms with Gasteiger partial charge in [0.05, 0.1) is 7.11 Å². The molecule has 3 rings (SSSR count). The fraction of sp³-hybridized carbons (Fsp3) is 0.143. The average Bonchev–Trinajstić information content (AvgIpc) is 2.72. The van der Waals surface area contributed by atoms with Gasteiger partial charge in [-0.3, -0.25) is 10.2 Å². The lowest BCUT2D eigenvalue weighted by Crippen LogP contribution is -2.48. The molecule has 0 aromatic heterocycles. The number of ether oxygens (including phenoxy) is 2. The molecule has 3 N–H and O–H groups in total. The molecule has 0 radical (unpaired) electrons. The topological polar surface area (TPSA) is 88.7 Å². The van der Waals surface area contributed by atoms with Crippen LogP contribution >= 0.6 is 0 Å². The lowest BCUT2D eigenvalue weighted by Gasteiger charge is -2.16. The monoisotopic (exact) mass is 379 g/mol. The molecule has 0 aliphatic carbocycles. The minimum atomic E-state index is -0.789. The van der Waals surface area contributed by atoms with E-state index in [-0.39, 0.29) is 0 Å². The van der Waals surface area contributed by atoms with E-state index in [0.717, 1.165) is 10.8 Å². The van der Waals surface area contributed by atoms with E-state index in [1.54, 1.807) is 44.4 Å². The van der Waals surface area contributed by atoms with Gasteiger partial charge in [0.1, 0.15) is 11.5 Å². The highest BCUT2D eigenvalue weighted by molar-refractivity contribution is 5.91. The fourth-order valence-electron chi connectivity index (χ4n) is 2.56. The summed E-state index contributed by atoms with van der Waals surface area (Å²) >= 11 is 0. The molecule has 28 heavy (non-hydrogen) atoms. The van der Waals surface area contributed by atoms with E-state index in [9.17, 15) is 9.59 Å². The summed E-state index contributed by atoms with van der Waals surface area (Å²) in [5.41, 5.74) is 5.19. The van der Waals surface area contributed by atoms with Gasteiger partial charge < -0.3 is 14.8 Å². The maximum absolute atomic E-state index is 12.2. The number of rotatable bonds is 5. The van der Waals surface area contributed by atoms with Crippen LogP contribution in [0.1, 0.15) is 6.92 Å². The third-order valence-electron chi connectivity index (χ3n) is 4.05. The highest BCUT2D eigenvalue weighted by Gasteiger charge is 2.15. The van der Waals surface area contributed by atoms with Gasteiger partial charge in [0.15, 0.2) is 6.10 Å². The molecule has 0 spiro atoms. The van der Waals surface area contributed by atoms with E-state index in [4.69, 9.17) is 9.47 Å². The molecule has 3 aromatic rings. The molecular formula is C21H21N3O4. The molecule has 0 unspecified atom stereocenters. The number of anilines is 1. The Balaban J connectivity index is 1.49. The minimum Gasteiger partial charge on any atom is -0.497 e. The molecule has 7 nitrogen and oxygen atoms in total. The zero-order valence-corrected chi connectivity index (χ0v) is 15.6. The van der Waals surface area contributed by atoms with Crippen molar-refractivity contribution >= 4 is 28.4 Å². The number of urea groups is 1. The smallest absolute Gasteiger partial charge is 0.337 e. The minimum absolute atomic E-state index is 0.474. The largest absolute Gasteiger partial charge is 0.497 e. The first-order chi connectivity index (χ1) is 13.5. The van der Waals surface area contributed by atoms with Crippen LogP contribution in [0.3, 0.4) is 0 Å². The van der Waals surface area contributed by atoms with Crippen LogP contribution < -0.4 is 25.6 Å². The van der Waals surface area contributed by atoms with Gasteiger partial charge in [-0.2, -0.15) is 0 Å². The van der Waals surface area contributed by atoms with E-state index < -0.39 is 18.0 Å². The highest BCUT2D eigenvalue weighted by Crippen LogP contribution is 2.21. The maximum Gasteiger partial charge on any atom is 0.337 e. The van der Waals surface area contributed by atoms with Gasteiger partial charge >= 0.3 is 6.03 Å². The summed E-state index contributed by atoms with van der Waals surface area (Å²) in [6.07, 6.45) is -0.789. The molecule has 3 amide bonds. The second-order valence-electron chi connectivity index (χ2n) is 6.07. The molecular weight excluding hydrogens is 358 g/mol. The summed E-state index contributed by atoms with van der Waals surface area (Å²) in [5, 5.41) is 4.70. The summed E-state index contributed by atoms with van der Waals surface area (Å²) in [6.45, 7) is 1.60. The Morgan fingerprint density at radius 3 is 2.25 bits per heavy atom. The van der Waals surface area contributed by atoms with Crippen LogP contribution in [0.5, 0.6) is 11.5 Å². The van der Waals surface area contributed by atoms with Crippen molar-refractivity contribution in [1.29, 1.82) is 0 Å². The molecule has 0 saturated heterocycles. The SMILES string of the molecule is COc1ccc(NC(=O)NNC(=O)[C@@H](C)Oc2ccc3ccccc3c2)cc1. The summed E-state index contributed by atoms with van der Waals surface area (Å²) in [4.78, 5) is 24.0. The van der Waals surface area contributed by atoms with E-state index in [1.807, 2.05) is 36.4 Å². The third-order valence-corrected chi connectivity index (χ3v) is 4.05. The Morgan fingerprint density at radius 2 is 1.54 bits per heavy atom. The van der Waals surface area contributed by atoms with E-state index in [1.165, 1.54) is 0 Å². The Morgan fingerprint density at radius 1 is 0.857 bits per heavy atom. The van der Waals surface area contributed by atoms with Gasteiger partial charge in [-0.1, -0.05) is 30.3 Å². The summed E-state index contributed by atoms with van der Waals surface area (Å²) in [5.74, 6) is 0.779. The molecule has 0 saturated carbocycles. The maximum atomic E-state index is 12.2. The van der Waals surface area contributed by atoms with E-state index in [0.29, 0.717) is 17.2 Å². The lowest BCUT2D eigenvalue weighted by atomic mass is 10.1. The van der Waals surface area contributed by atoms with Crippen LogP contribution in [0.25, 0.3) is 10.8 Å². The molecule has 144 valence electrons. The number of amides is 3. The van der Waals surface area contributed by atoms with Crippen molar-refractivity contribution in [1.82, 2.24) is 10.9 Å². The van der Waals surface area contributed by atoms with Crippen molar-refractivity contribution in [2.45, 2.75) is 13.0 Å². The summed E-state index contributed by atoms with van der Waals surface area (Å²) in [7, 11) is 1.56. The first-order valence-corrected chi connectivity index (χ1v) is 8.71. The van der Waals surface area contributed by atoms with Crippen molar-refractivity contribution in [2.24, 2.45) is 0 Å². The van der Waals surface area contributed by atoms with Crippen LogP contribution in [0.4, 0.5) is 10.5 Å². The summed E-state index contributed by atoms with van der Waals surface area (Å²) < 4.78 is 10.7. The number of carbonyl (C=O) groups is 2. The first-order valence-electron chi connectivity index (χ1n) is 8.71. The Labute approximate surface area is 162 Å². The Kier molecular flexibility index (Phi) is 5.96. The molecule has 0 bridgehead atoms. The van der Waals surface area contributed by atoms with E-state index >= 15 is 0 Å². The van der Waals surface area contributed by atoms with Crippen molar-refractivity contribution in [2.75, 3.05) is 12.4 Å². The van der Waals surface area contributed by atoms with Crippen molar-refractivity contribution in [3.05, 3.63) is 66.7 Å². The predicted molar refractivity (Wildman–Crippen MR) is 107 cm³/mol.